The highest BCUT2D eigenvalue weighted by Gasteiger charge is 2.32. The van der Waals surface area contributed by atoms with Crippen molar-refractivity contribution in [1.82, 2.24) is 10.2 Å². The zero-order valence-electron chi connectivity index (χ0n) is 8.74. The van der Waals surface area contributed by atoms with E-state index in [9.17, 15) is 9.59 Å². The van der Waals surface area contributed by atoms with Crippen molar-refractivity contribution in [2.45, 2.75) is 31.9 Å². The summed E-state index contributed by atoms with van der Waals surface area (Å²) in [5, 5.41) is 2.77. The molecule has 5 heteroatoms. The topological polar surface area (TPSA) is 58.6 Å². The summed E-state index contributed by atoms with van der Waals surface area (Å²) in [5.74, 6) is -0.0348. The van der Waals surface area contributed by atoms with Crippen LogP contribution in [0.25, 0.3) is 0 Å². The smallest absolute Gasteiger partial charge is 0.409 e. The summed E-state index contributed by atoms with van der Waals surface area (Å²) >= 11 is 0. The Morgan fingerprint density at radius 1 is 1.36 bits per heavy atom. The number of hydrogen-bond donors (Lipinski definition) is 1. The number of hydrogen-bond acceptors (Lipinski definition) is 3. The third-order valence-electron chi connectivity index (χ3n) is 2.13. The first-order chi connectivity index (χ1) is 6.49. The minimum Gasteiger partial charge on any atom is -0.446 e. The number of nitrogens with one attached hydrogen (secondary N) is 1. The van der Waals surface area contributed by atoms with E-state index in [2.05, 4.69) is 5.32 Å². The van der Waals surface area contributed by atoms with Gasteiger partial charge in [0.2, 0.25) is 5.91 Å². The van der Waals surface area contributed by atoms with E-state index in [1.165, 1.54) is 11.8 Å². The van der Waals surface area contributed by atoms with Gasteiger partial charge in [-0.05, 0) is 0 Å². The molecule has 2 amide bonds. The molecule has 0 heterocycles. The Balaban J connectivity index is 2.16. The molecule has 0 aromatic heterocycles. The number of amides is 2. The maximum absolute atomic E-state index is 11.1. The quantitative estimate of drug-likeness (QED) is 0.699. The Bertz CT molecular complexity index is 234. The van der Waals surface area contributed by atoms with Gasteiger partial charge in [-0.1, -0.05) is 0 Å². The lowest BCUT2D eigenvalue weighted by atomic mass is 9.89. The summed E-state index contributed by atoms with van der Waals surface area (Å²) in [6, 6.07) is 0.174. The van der Waals surface area contributed by atoms with Gasteiger partial charge in [-0.25, -0.2) is 4.79 Å². The van der Waals surface area contributed by atoms with Gasteiger partial charge in [0, 0.05) is 39.9 Å². The van der Waals surface area contributed by atoms with Crippen molar-refractivity contribution in [2.75, 3.05) is 14.1 Å². The number of rotatable bonds is 2. The molecular weight excluding hydrogens is 184 g/mol. The van der Waals surface area contributed by atoms with Gasteiger partial charge in [-0.3, -0.25) is 4.79 Å². The van der Waals surface area contributed by atoms with E-state index in [0.29, 0.717) is 0 Å². The van der Waals surface area contributed by atoms with Gasteiger partial charge in [0.25, 0.3) is 0 Å². The molecule has 1 aliphatic rings. The van der Waals surface area contributed by atoms with E-state index in [0.717, 1.165) is 12.8 Å². The Kier molecular flexibility index (Phi) is 3.33. The summed E-state index contributed by atoms with van der Waals surface area (Å²) < 4.78 is 5.10. The van der Waals surface area contributed by atoms with Crippen molar-refractivity contribution in [3.63, 3.8) is 0 Å². The van der Waals surface area contributed by atoms with E-state index in [1.54, 1.807) is 14.1 Å². The summed E-state index contributed by atoms with van der Waals surface area (Å²) in [7, 11) is 3.29. The molecule has 14 heavy (non-hydrogen) atoms. The van der Waals surface area contributed by atoms with Gasteiger partial charge in [0.1, 0.15) is 6.10 Å². The van der Waals surface area contributed by atoms with Crippen LogP contribution in [-0.2, 0) is 9.53 Å². The molecule has 1 aliphatic carbocycles. The van der Waals surface area contributed by atoms with Crippen LogP contribution in [0.3, 0.4) is 0 Å². The average molecular weight is 200 g/mol. The second-order valence-corrected chi connectivity index (χ2v) is 3.77. The van der Waals surface area contributed by atoms with Crippen molar-refractivity contribution in [1.29, 1.82) is 0 Å². The fourth-order valence-corrected chi connectivity index (χ4v) is 1.32. The lowest BCUT2D eigenvalue weighted by Gasteiger charge is -2.35. The number of ether oxygens (including phenoxy) is 1. The Labute approximate surface area is 83.4 Å². The fourth-order valence-electron chi connectivity index (χ4n) is 1.32. The largest absolute Gasteiger partial charge is 0.446 e. The van der Waals surface area contributed by atoms with Crippen LogP contribution >= 0.6 is 0 Å². The van der Waals surface area contributed by atoms with E-state index in [1.807, 2.05) is 0 Å². The van der Waals surface area contributed by atoms with Gasteiger partial charge < -0.3 is 15.0 Å². The minimum atomic E-state index is -0.323. The van der Waals surface area contributed by atoms with Crippen LogP contribution in [0, 0.1) is 0 Å². The Morgan fingerprint density at radius 2 is 1.93 bits per heavy atom. The second-order valence-electron chi connectivity index (χ2n) is 3.77. The van der Waals surface area contributed by atoms with Crippen molar-refractivity contribution >= 4 is 12.0 Å². The first kappa shape index (κ1) is 10.8. The predicted octanol–water partition coefficient (Wildman–Crippen LogP) is 0.352. The highest BCUT2D eigenvalue weighted by Crippen LogP contribution is 2.23. The van der Waals surface area contributed by atoms with Crippen LogP contribution < -0.4 is 5.32 Å². The average Bonchev–Trinajstić information content (AvgIpc) is 1.99. The van der Waals surface area contributed by atoms with Crippen LogP contribution in [0.1, 0.15) is 19.8 Å². The third-order valence-corrected chi connectivity index (χ3v) is 2.13. The SMILES string of the molecule is CC(=O)N[C@H]1C[C@H](OC(=O)N(C)C)C1. The molecular formula is C9H16N2O3. The van der Waals surface area contributed by atoms with Crippen LogP contribution in [0.2, 0.25) is 0 Å². The van der Waals surface area contributed by atoms with Crippen LogP contribution in [0.5, 0.6) is 0 Å². The first-order valence-electron chi connectivity index (χ1n) is 4.64. The summed E-state index contributed by atoms with van der Waals surface area (Å²) in [6.45, 7) is 1.49. The highest BCUT2D eigenvalue weighted by molar-refractivity contribution is 5.73. The van der Waals surface area contributed by atoms with E-state index >= 15 is 0 Å². The molecule has 0 aliphatic heterocycles. The summed E-state index contributed by atoms with van der Waals surface area (Å²) in [6.07, 6.45) is 1.08. The van der Waals surface area contributed by atoms with Gasteiger partial charge >= 0.3 is 6.09 Å². The molecule has 0 atom stereocenters. The molecule has 0 radical (unpaired) electrons. The van der Waals surface area contributed by atoms with Crippen molar-refractivity contribution in [3.8, 4) is 0 Å². The first-order valence-corrected chi connectivity index (χ1v) is 4.64. The molecule has 0 bridgehead atoms. The van der Waals surface area contributed by atoms with Crippen LogP contribution in [0.15, 0.2) is 0 Å². The normalized spacial score (nSPS) is 24.8. The molecule has 80 valence electrons. The minimum absolute atomic E-state index is 0.0348. The van der Waals surface area contributed by atoms with Crippen molar-refractivity contribution in [2.24, 2.45) is 0 Å². The Hall–Kier alpha value is -1.26. The molecule has 1 saturated carbocycles. The molecule has 0 spiro atoms. The van der Waals surface area contributed by atoms with Crippen molar-refractivity contribution < 1.29 is 14.3 Å². The van der Waals surface area contributed by atoms with Gasteiger partial charge in [0.15, 0.2) is 0 Å². The molecule has 1 rings (SSSR count). The molecule has 0 aromatic carbocycles. The highest BCUT2D eigenvalue weighted by atomic mass is 16.6. The standard InChI is InChI=1S/C9H16N2O3/c1-6(12)10-7-4-8(5-7)14-9(13)11(2)3/h7-8H,4-5H2,1-3H3,(H,10,12)/t7-,8-. The molecule has 5 nitrogen and oxygen atoms in total. The zero-order valence-corrected chi connectivity index (χ0v) is 8.74. The van der Waals surface area contributed by atoms with E-state index in [-0.39, 0.29) is 24.1 Å². The molecule has 1 N–H and O–H groups in total. The maximum atomic E-state index is 11.1. The number of carbonyl (C=O) groups is 2. The molecule has 0 aromatic rings. The second kappa shape index (κ2) is 4.30. The zero-order chi connectivity index (χ0) is 10.7. The molecule has 1 fully saturated rings. The maximum Gasteiger partial charge on any atom is 0.409 e. The molecule has 0 unspecified atom stereocenters. The number of nitrogens with zero attached hydrogens (tertiary/aromatic N) is 1. The van der Waals surface area contributed by atoms with E-state index in [4.69, 9.17) is 4.74 Å². The fraction of sp³-hybridized carbons (Fsp3) is 0.778. The lowest BCUT2D eigenvalue weighted by molar-refractivity contribution is -0.121. The predicted molar refractivity (Wildman–Crippen MR) is 50.8 cm³/mol. The van der Waals surface area contributed by atoms with Crippen molar-refractivity contribution in [3.05, 3.63) is 0 Å². The van der Waals surface area contributed by atoms with Gasteiger partial charge in [-0.15, -0.1) is 0 Å². The Morgan fingerprint density at radius 3 is 2.36 bits per heavy atom. The lowest BCUT2D eigenvalue weighted by Crippen LogP contribution is -2.48. The number of carbonyl (C=O) groups excluding carboxylic acids is 2. The van der Waals surface area contributed by atoms with E-state index < -0.39 is 0 Å². The van der Waals surface area contributed by atoms with Gasteiger partial charge in [-0.2, -0.15) is 0 Å². The van der Waals surface area contributed by atoms with Crippen LogP contribution in [-0.4, -0.2) is 43.1 Å². The molecule has 0 saturated heterocycles. The van der Waals surface area contributed by atoms with Crippen LogP contribution in [0.4, 0.5) is 4.79 Å². The summed E-state index contributed by atoms with van der Waals surface area (Å²) in [4.78, 5) is 23.1. The van der Waals surface area contributed by atoms with Gasteiger partial charge in [0.05, 0.1) is 0 Å². The summed E-state index contributed by atoms with van der Waals surface area (Å²) in [5.41, 5.74) is 0. The monoisotopic (exact) mass is 200 g/mol. The third kappa shape index (κ3) is 2.90.